The topological polar surface area (TPSA) is 55.6 Å². The Bertz CT molecular complexity index is 459. The Hall–Kier alpha value is -1.71. The van der Waals surface area contributed by atoms with Crippen molar-refractivity contribution in [3.8, 4) is 5.75 Å². The Labute approximate surface area is 114 Å². The fraction of sp³-hybridized carbons (Fsp3) is 0.533. The molecule has 1 aromatic rings. The van der Waals surface area contributed by atoms with E-state index in [1.807, 2.05) is 11.8 Å². The lowest BCUT2D eigenvalue weighted by atomic mass is 9.99. The van der Waals surface area contributed by atoms with E-state index in [2.05, 4.69) is 6.92 Å². The normalized spacial score (nSPS) is 19.3. The third-order valence-electron chi connectivity index (χ3n) is 3.48. The predicted molar refractivity (Wildman–Crippen MR) is 76.3 cm³/mol. The molecule has 19 heavy (non-hydrogen) atoms. The molecule has 2 rings (SSSR count). The van der Waals surface area contributed by atoms with E-state index in [-0.39, 0.29) is 5.91 Å². The predicted octanol–water partition coefficient (Wildman–Crippen LogP) is 2.54. The van der Waals surface area contributed by atoms with Gasteiger partial charge in [0.25, 0.3) is 5.91 Å². The molecule has 1 atom stereocenters. The molecule has 1 heterocycles. The van der Waals surface area contributed by atoms with Gasteiger partial charge in [-0.05, 0) is 43.9 Å². The molecule has 0 radical (unpaired) electrons. The summed E-state index contributed by atoms with van der Waals surface area (Å²) < 4.78 is 5.53. The first-order valence-corrected chi connectivity index (χ1v) is 6.93. The Balaban J connectivity index is 2.24. The number of ether oxygens (including phenoxy) is 1. The van der Waals surface area contributed by atoms with Crippen LogP contribution in [0, 0.1) is 5.92 Å². The van der Waals surface area contributed by atoms with Gasteiger partial charge in [0.15, 0.2) is 0 Å². The van der Waals surface area contributed by atoms with Crippen LogP contribution >= 0.6 is 0 Å². The second-order valence-electron chi connectivity index (χ2n) is 5.19. The van der Waals surface area contributed by atoms with Crippen molar-refractivity contribution < 1.29 is 9.53 Å². The number of anilines is 1. The molecule has 1 aromatic carbocycles. The molecule has 0 unspecified atom stereocenters. The summed E-state index contributed by atoms with van der Waals surface area (Å²) in [6, 6.07) is 5.26. The smallest absolute Gasteiger partial charge is 0.257 e. The summed E-state index contributed by atoms with van der Waals surface area (Å²) in [5.74, 6) is 1.22. The maximum absolute atomic E-state index is 12.6. The fourth-order valence-electron chi connectivity index (χ4n) is 2.54. The summed E-state index contributed by atoms with van der Waals surface area (Å²) in [6.45, 7) is 6.28. The zero-order valence-corrected chi connectivity index (χ0v) is 11.7. The number of benzene rings is 1. The SMILES string of the molecule is CCOc1ccc(N)cc1C(=O)N1CCC[C@@H](C)C1. The highest BCUT2D eigenvalue weighted by molar-refractivity contribution is 5.97. The van der Waals surface area contributed by atoms with Gasteiger partial charge in [-0.15, -0.1) is 0 Å². The third-order valence-corrected chi connectivity index (χ3v) is 3.48. The lowest BCUT2D eigenvalue weighted by molar-refractivity contribution is 0.0679. The van der Waals surface area contributed by atoms with Gasteiger partial charge in [0.1, 0.15) is 5.75 Å². The molecule has 1 aliphatic heterocycles. The van der Waals surface area contributed by atoms with Crippen LogP contribution in [0.5, 0.6) is 5.75 Å². The Morgan fingerprint density at radius 3 is 3.00 bits per heavy atom. The maximum Gasteiger partial charge on any atom is 0.257 e. The summed E-state index contributed by atoms with van der Waals surface area (Å²) in [5.41, 5.74) is 6.97. The lowest BCUT2D eigenvalue weighted by Gasteiger charge is -2.31. The van der Waals surface area contributed by atoms with Gasteiger partial charge in [0.2, 0.25) is 0 Å². The van der Waals surface area contributed by atoms with Crippen LogP contribution in [0.4, 0.5) is 5.69 Å². The van der Waals surface area contributed by atoms with E-state index in [1.54, 1.807) is 18.2 Å². The average molecular weight is 262 g/mol. The molecule has 0 aliphatic carbocycles. The number of likely N-dealkylation sites (tertiary alicyclic amines) is 1. The van der Waals surface area contributed by atoms with Crippen LogP contribution in [0.3, 0.4) is 0 Å². The lowest BCUT2D eigenvalue weighted by Crippen LogP contribution is -2.39. The van der Waals surface area contributed by atoms with Crippen LogP contribution < -0.4 is 10.5 Å². The maximum atomic E-state index is 12.6. The van der Waals surface area contributed by atoms with Gasteiger partial charge in [-0.3, -0.25) is 4.79 Å². The zero-order valence-electron chi connectivity index (χ0n) is 11.7. The fourth-order valence-corrected chi connectivity index (χ4v) is 2.54. The van der Waals surface area contributed by atoms with E-state index in [0.717, 1.165) is 19.5 Å². The second kappa shape index (κ2) is 5.95. The molecule has 0 saturated carbocycles. The van der Waals surface area contributed by atoms with Crippen molar-refractivity contribution in [2.75, 3.05) is 25.4 Å². The first-order chi connectivity index (χ1) is 9.11. The van der Waals surface area contributed by atoms with Gasteiger partial charge in [0.05, 0.1) is 12.2 Å². The first kappa shape index (κ1) is 13.7. The number of amides is 1. The largest absolute Gasteiger partial charge is 0.493 e. The zero-order chi connectivity index (χ0) is 13.8. The van der Waals surface area contributed by atoms with E-state index in [0.29, 0.717) is 29.5 Å². The minimum atomic E-state index is 0.0299. The monoisotopic (exact) mass is 262 g/mol. The van der Waals surface area contributed by atoms with E-state index in [4.69, 9.17) is 10.5 Å². The molecule has 0 aromatic heterocycles. The molecule has 1 fully saturated rings. The number of piperidine rings is 1. The van der Waals surface area contributed by atoms with Crippen LogP contribution in [0.2, 0.25) is 0 Å². The third kappa shape index (κ3) is 3.19. The molecule has 1 aliphatic rings. The first-order valence-electron chi connectivity index (χ1n) is 6.93. The van der Waals surface area contributed by atoms with Crippen LogP contribution in [0.15, 0.2) is 18.2 Å². The molecule has 104 valence electrons. The van der Waals surface area contributed by atoms with Gasteiger partial charge in [-0.25, -0.2) is 0 Å². The van der Waals surface area contributed by atoms with E-state index in [9.17, 15) is 4.79 Å². The van der Waals surface area contributed by atoms with Gasteiger partial charge >= 0.3 is 0 Å². The number of hydrogen-bond donors (Lipinski definition) is 1. The van der Waals surface area contributed by atoms with Gasteiger partial charge in [-0.2, -0.15) is 0 Å². The van der Waals surface area contributed by atoms with E-state index >= 15 is 0 Å². The molecular formula is C15H22N2O2. The number of nitrogen functional groups attached to an aromatic ring is 1. The Morgan fingerprint density at radius 1 is 1.53 bits per heavy atom. The molecule has 2 N–H and O–H groups in total. The average Bonchev–Trinajstić information content (AvgIpc) is 2.40. The van der Waals surface area contributed by atoms with Crippen LogP contribution in [-0.2, 0) is 0 Å². The molecule has 4 heteroatoms. The van der Waals surface area contributed by atoms with Gasteiger partial charge in [-0.1, -0.05) is 6.92 Å². The highest BCUT2D eigenvalue weighted by atomic mass is 16.5. The summed E-state index contributed by atoms with van der Waals surface area (Å²) >= 11 is 0. The number of carbonyl (C=O) groups excluding carboxylic acids is 1. The van der Waals surface area contributed by atoms with Crippen molar-refractivity contribution in [3.05, 3.63) is 23.8 Å². The standard InChI is InChI=1S/C15H22N2O2/c1-3-19-14-7-6-12(16)9-13(14)15(18)17-8-4-5-11(2)10-17/h6-7,9,11H,3-5,8,10,16H2,1-2H3/t11-/m1/s1. The van der Waals surface area contributed by atoms with Gasteiger partial charge in [0, 0.05) is 18.8 Å². The Kier molecular flexibility index (Phi) is 4.30. The number of nitrogens with two attached hydrogens (primary N) is 1. The van der Waals surface area contributed by atoms with Crippen molar-refractivity contribution in [2.24, 2.45) is 5.92 Å². The summed E-state index contributed by atoms with van der Waals surface area (Å²) in [7, 11) is 0. The van der Waals surface area contributed by atoms with Gasteiger partial charge < -0.3 is 15.4 Å². The van der Waals surface area contributed by atoms with Crippen LogP contribution in [-0.4, -0.2) is 30.5 Å². The quantitative estimate of drug-likeness (QED) is 0.852. The Morgan fingerprint density at radius 2 is 2.32 bits per heavy atom. The van der Waals surface area contributed by atoms with Crippen LogP contribution in [0.25, 0.3) is 0 Å². The molecule has 1 saturated heterocycles. The molecule has 4 nitrogen and oxygen atoms in total. The van der Waals surface area contributed by atoms with Crippen molar-refractivity contribution in [2.45, 2.75) is 26.7 Å². The highest BCUT2D eigenvalue weighted by Crippen LogP contribution is 2.25. The minimum Gasteiger partial charge on any atom is -0.493 e. The number of rotatable bonds is 3. The second-order valence-corrected chi connectivity index (χ2v) is 5.19. The minimum absolute atomic E-state index is 0.0299. The van der Waals surface area contributed by atoms with Crippen molar-refractivity contribution in [3.63, 3.8) is 0 Å². The van der Waals surface area contributed by atoms with E-state index in [1.165, 1.54) is 6.42 Å². The number of nitrogens with zero attached hydrogens (tertiary/aromatic N) is 1. The number of hydrogen-bond acceptors (Lipinski definition) is 3. The highest BCUT2D eigenvalue weighted by Gasteiger charge is 2.24. The molecular weight excluding hydrogens is 240 g/mol. The van der Waals surface area contributed by atoms with Crippen LogP contribution in [0.1, 0.15) is 37.0 Å². The summed E-state index contributed by atoms with van der Waals surface area (Å²) in [6.07, 6.45) is 2.26. The van der Waals surface area contributed by atoms with E-state index < -0.39 is 0 Å². The summed E-state index contributed by atoms with van der Waals surface area (Å²) in [4.78, 5) is 14.5. The molecule has 0 bridgehead atoms. The van der Waals surface area contributed by atoms with Crippen molar-refractivity contribution in [1.29, 1.82) is 0 Å². The van der Waals surface area contributed by atoms with Crippen molar-refractivity contribution >= 4 is 11.6 Å². The van der Waals surface area contributed by atoms with Crippen molar-refractivity contribution in [1.82, 2.24) is 4.90 Å². The molecule has 0 spiro atoms. The summed E-state index contributed by atoms with van der Waals surface area (Å²) in [5, 5.41) is 0. The number of carbonyl (C=O) groups is 1. The molecule has 1 amide bonds.